The van der Waals surface area contributed by atoms with Gasteiger partial charge in [-0.3, -0.25) is 0 Å². The van der Waals surface area contributed by atoms with Crippen molar-refractivity contribution in [2.45, 2.75) is 20.0 Å². The summed E-state index contributed by atoms with van der Waals surface area (Å²) in [5, 5.41) is 1.05. The van der Waals surface area contributed by atoms with Crippen molar-refractivity contribution < 1.29 is 13.5 Å². The Kier molecular flexibility index (Phi) is 4.45. The van der Waals surface area contributed by atoms with E-state index in [1.807, 2.05) is 12.1 Å². The van der Waals surface area contributed by atoms with Crippen molar-refractivity contribution in [2.75, 3.05) is 0 Å². The standard InChI is InChI=1S/C17H13BrF2OS/c1-10-2-4-13(18)6-12(10)8-15-7-11-3-5-14(21-17(19)20)9-16(11)22-15/h2-7,9,17H,8H2,1H3. The Labute approximate surface area is 139 Å². The minimum Gasteiger partial charge on any atom is -0.435 e. The van der Waals surface area contributed by atoms with Crippen molar-refractivity contribution in [3.05, 3.63) is 62.9 Å². The zero-order valence-corrected chi connectivity index (χ0v) is 14.2. The summed E-state index contributed by atoms with van der Waals surface area (Å²) >= 11 is 5.10. The molecule has 0 fully saturated rings. The molecule has 0 spiro atoms. The molecule has 114 valence electrons. The number of aryl methyl sites for hydroxylation is 1. The van der Waals surface area contributed by atoms with E-state index in [-0.39, 0.29) is 5.75 Å². The molecule has 0 N–H and O–H groups in total. The molecule has 3 rings (SSSR count). The number of thiophene rings is 1. The third kappa shape index (κ3) is 3.47. The fourth-order valence-corrected chi connectivity index (χ4v) is 3.87. The first-order chi connectivity index (χ1) is 10.5. The van der Waals surface area contributed by atoms with Crippen LogP contribution in [-0.2, 0) is 6.42 Å². The lowest BCUT2D eigenvalue weighted by atomic mass is 10.1. The number of hydrogen-bond donors (Lipinski definition) is 0. The predicted molar refractivity (Wildman–Crippen MR) is 90.1 cm³/mol. The number of hydrogen-bond acceptors (Lipinski definition) is 2. The maximum Gasteiger partial charge on any atom is 0.387 e. The highest BCUT2D eigenvalue weighted by molar-refractivity contribution is 9.10. The number of halogens is 3. The average Bonchev–Trinajstić information content (AvgIpc) is 2.84. The lowest BCUT2D eigenvalue weighted by Crippen LogP contribution is -2.01. The Morgan fingerprint density at radius 3 is 2.73 bits per heavy atom. The van der Waals surface area contributed by atoms with Gasteiger partial charge in [0.15, 0.2) is 0 Å². The van der Waals surface area contributed by atoms with Crippen molar-refractivity contribution in [3.63, 3.8) is 0 Å². The summed E-state index contributed by atoms with van der Waals surface area (Å²) in [4.78, 5) is 1.20. The van der Waals surface area contributed by atoms with Crippen molar-refractivity contribution in [1.29, 1.82) is 0 Å². The van der Waals surface area contributed by atoms with Gasteiger partial charge in [-0.25, -0.2) is 0 Å². The van der Waals surface area contributed by atoms with Crippen LogP contribution in [0.15, 0.2) is 46.9 Å². The van der Waals surface area contributed by atoms with Crippen LogP contribution in [0.1, 0.15) is 16.0 Å². The fraction of sp³-hybridized carbons (Fsp3) is 0.176. The van der Waals surface area contributed by atoms with Crippen LogP contribution in [0.4, 0.5) is 8.78 Å². The van der Waals surface area contributed by atoms with Gasteiger partial charge < -0.3 is 4.74 Å². The smallest absolute Gasteiger partial charge is 0.387 e. The van der Waals surface area contributed by atoms with E-state index in [1.54, 1.807) is 23.5 Å². The topological polar surface area (TPSA) is 9.23 Å². The molecule has 0 aliphatic carbocycles. The van der Waals surface area contributed by atoms with Crippen LogP contribution < -0.4 is 4.74 Å². The van der Waals surface area contributed by atoms with Crippen LogP contribution in [0.25, 0.3) is 10.1 Å². The monoisotopic (exact) mass is 382 g/mol. The van der Waals surface area contributed by atoms with E-state index < -0.39 is 6.61 Å². The van der Waals surface area contributed by atoms with E-state index in [1.165, 1.54) is 16.0 Å². The third-order valence-corrected chi connectivity index (χ3v) is 5.03. The molecule has 0 aliphatic heterocycles. The van der Waals surface area contributed by atoms with Gasteiger partial charge in [-0.2, -0.15) is 8.78 Å². The van der Waals surface area contributed by atoms with Crippen molar-refractivity contribution in [1.82, 2.24) is 0 Å². The molecule has 5 heteroatoms. The van der Waals surface area contributed by atoms with Gasteiger partial charge >= 0.3 is 6.61 Å². The fourth-order valence-electron chi connectivity index (χ4n) is 2.35. The van der Waals surface area contributed by atoms with Crippen LogP contribution in [0.2, 0.25) is 0 Å². The Morgan fingerprint density at radius 2 is 1.95 bits per heavy atom. The Bertz CT molecular complexity index is 814. The number of rotatable bonds is 4. The summed E-state index contributed by atoms with van der Waals surface area (Å²) in [5.41, 5.74) is 2.49. The molecular weight excluding hydrogens is 370 g/mol. The summed E-state index contributed by atoms with van der Waals surface area (Å²) in [6.07, 6.45) is 0.829. The zero-order valence-electron chi connectivity index (χ0n) is 11.8. The molecule has 22 heavy (non-hydrogen) atoms. The van der Waals surface area contributed by atoms with E-state index in [4.69, 9.17) is 0 Å². The molecule has 0 amide bonds. The van der Waals surface area contributed by atoms with Gasteiger partial charge in [0.05, 0.1) is 0 Å². The number of benzene rings is 2. The van der Waals surface area contributed by atoms with Crippen LogP contribution >= 0.6 is 27.3 Å². The van der Waals surface area contributed by atoms with Crippen molar-refractivity contribution in [3.8, 4) is 5.75 Å². The lowest BCUT2D eigenvalue weighted by molar-refractivity contribution is -0.0497. The first-order valence-electron chi connectivity index (χ1n) is 6.73. The van der Waals surface area contributed by atoms with E-state index in [9.17, 15) is 8.78 Å². The summed E-state index contributed by atoms with van der Waals surface area (Å²) < 4.78 is 31.0. The van der Waals surface area contributed by atoms with Crippen molar-refractivity contribution >= 4 is 37.4 Å². The van der Waals surface area contributed by atoms with Crippen LogP contribution in [0.3, 0.4) is 0 Å². The lowest BCUT2D eigenvalue weighted by Gasteiger charge is -2.04. The highest BCUT2D eigenvalue weighted by Crippen LogP contribution is 2.32. The van der Waals surface area contributed by atoms with Gasteiger partial charge in [-0.1, -0.05) is 22.0 Å². The Balaban J connectivity index is 1.90. The summed E-state index contributed by atoms with van der Waals surface area (Å²) in [5.74, 6) is 0.203. The van der Waals surface area contributed by atoms with E-state index in [2.05, 4.69) is 45.8 Å². The van der Waals surface area contributed by atoms with Gasteiger partial charge in [0.1, 0.15) is 5.75 Å². The molecule has 0 aliphatic rings. The second-order valence-electron chi connectivity index (χ2n) is 5.04. The van der Waals surface area contributed by atoms with Crippen LogP contribution in [0, 0.1) is 6.92 Å². The quantitative estimate of drug-likeness (QED) is 0.524. The van der Waals surface area contributed by atoms with E-state index in [0.29, 0.717) is 0 Å². The number of alkyl halides is 2. The van der Waals surface area contributed by atoms with Gasteiger partial charge in [0, 0.05) is 20.5 Å². The second-order valence-corrected chi connectivity index (χ2v) is 7.12. The molecule has 0 radical (unpaired) electrons. The van der Waals surface area contributed by atoms with Gasteiger partial charge in [0.2, 0.25) is 0 Å². The molecule has 0 unspecified atom stereocenters. The molecule has 1 nitrogen and oxygen atoms in total. The maximum absolute atomic E-state index is 12.3. The first-order valence-corrected chi connectivity index (χ1v) is 8.34. The summed E-state index contributed by atoms with van der Waals surface area (Å²) in [6.45, 7) is -0.704. The molecule has 1 aromatic heterocycles. The first kappa shape index (κ1) is 15.4. The second kappa shape index (κ2) is 6.34. The molecule has 3 aromatic rings. The van der Waals surface area contributed by atoms with Crippen LogP contribution in [0.5, 0.6) is 5.75 Å². The largest absolute Gasteiger partial charge is 0.435 e. The van der Waals surface area contributed by atoms with E-state index in [0.717, 1.165) is 21.0 Å². The molecule has 0 saturated heterocycles. The molecule has 2 aromatic carbocycles. The zero-order chi connectivity index (χ0) is 15.7. The Morgan fingerprint density at radius 1 is 1.14 bits per heavy atom. The normalized spacial score (nSPS) is 11.3. The SMILES string of the molecule is Cc1ccc(Br)cc1Cc1cc2ccc(OC(F)F)cc2s1. The average molecular weight is 383 g/mol. The minimum absolute atomic E-state index is 0.203. The summed E-state index contributed by atoms with van der Waals surface area (Å²) in [7, 11) is 0. The molecule has 1 heterocycles. The highest BCUT2D eigenvalue weighted by Gasteiger charge is 2.09. The van der Waals surface area contributed by atoms with Gasteiger partial charge in [-0.15, -0.1) is 11.3 Å². The summed E-state index contributed by atoms with van der Waals surface area (Å²) in [6, 6.07) is 13.4. The minimum atomic E-state index is -2.79. The van der Waals surface area contributed by atoms with Crippen LogP contribution in [-0.4, -0.2) is 6.61 Å². The van der Waals surface area contributed by atoms with Crippen molar-refractivity contribution in [2.24, 2.45) is 0 Å². The third-order valence-electron chi connectivity index (χ3n) is 3.44. The molecule has 0 bridgehead atoms. The van der Waals surface area contributed by atoms with Gasteiger partial charge in [-0.05, 0) is 59.8 Å². The number of ether oxygens (including phenoxy) is 1. The number of fused-ring (bicyclic) bond motifs is 1. The molecular formula is C17H13BrF2OS. The highest BCUT2D eigenvalue weighted by atomic mass is 79.9. The Hall–Kier alpha value is -1.46. The predicted octanol–water partition coefficient (Wildman–Crippen LogP) is 6.16. The van der Waals surface area contributed by atoms with Gasteiger partial charge in [0.25, 0.3) is 0 Å². The molecule has 0 atom stereocenters. The van der Waals surface area contributed by atoms with E-state index >= 15 is 0 Å². The maximum atomic E-state index is 12.3. The molecule has 0 saturated carbocycles.